The van der Waals surface area contributed by atoms with Gasteiger partial charge in [0.25, 0.3) is 11.8 Å². The number of aryl methyl sites for hydroxylation is 2. The molecule has 3 aromatic rings. The van der Waals surface area contributed by atoms with Crippen LogP contribution in [0.25, 0.3) is 10.9 Å². The monoisotopic (exact) mass is 1380 g/mol. The van der Waals surface area contributed by atoms with Gasteiger partial charge in [0, 0.05) is 128 Å². The largest absolute Gasteiger partial charge is 0.494 e. The predicted molar refractivity (Wildman–Crippen MR) is 362 cm³/mol. The quantitative estimate of drug-likeness (QED) is 0.0189. The van der Waals surface area contributed by atoms with Gasteiger partial charge in [-0.25, -0.2) is 8.78 Å². The van der Waals surface area contributed by atoms with Crippen LogP contribution in [-0.2, 0) is 44.8 Å². The Bertz CT molecular complexity index is 3110. The van der Waals surface area contributed by atoms with Gasteiger partial charge in [0.05, 0.1) is 68.2 Å². The van der Waals surface area contributed by atoms with Gasteiger partial charge in [0.2, 0.25) is 29.5 Å². The second-order valence-electron chi connectivity index (χ2n) is 25.9. The first kappa shape index (κ1) is 77.1. The fourth-order valence-electron chi connectivity index (χ4n) is 12.8. The predicted octanol–water partition coefficient (Wildman–Crippen LogP) is 3.70. The number of carbonyl (C=O) groups excluding carboxylic acids is 6. The Morgan fingerprint density at radius 3 is 2.04 bits per heavy atom. The number of amides is 6. The number of piperidine rings is 1. The number of aliphatic imine (C=N–C) groups is 1. The summed E-state index contributed by atoms with van der Waals surface area (Å²) in [5, 5.41) is 48.4. The Labute approximate surface area is 570 Å². The molecule has 1 aromatic heterocycles. The number of imide groups is 1. The van der Waals surface area contributed by atoms with Crippen molar-refractivity contribution in [3.05, 3.63) is 71.4 Å². The topological polar surface area (TPSA) is 328 Å². The number of halogens is 2. The van der Waals surface area contributed by atoms with E-state index in [0.29, 0.717) is 86.7 Å². The summed E-state index contributed by atoms with van der Waals surface area (Å²) < 4.78 is 34.4. The summed E-state index contributed by atoms with van der Waals surface area (Å²) in [5.74, 6) is -7.20. The number of fused-ring (bicyclic) bond motifs is 1. The summed E-state index contributed by atoms with van der Waals surface area (Å²) in [6.07, 6.45) is 10.4. The average molecular weight is 1380 g/mol. The van der Waals surface area contributed by atoms with Crippen molar-refractivity contribution in [3.8, 4) is 5.75 Å². The third-order valence-corrected chi connectivity index (χ3v) is 19.6. The molecule has 29 heteroatoms. The molecule has 534 valence electrons. The number of nitrogens with one attached hydrogen (secondary N) is 3. The van der Waals surface area contributed by atoms with E-state index in [-0.39, 0.29) is 127 Å². The number of unbranched alkanes of at least 4 members (excludes halogenated alkanes) is 2. The maximum absolute atomic E-state index is 14.1. The highest BCUT2D eigenvalue weighted by atomic mass is 32.2. The Hall–Kier alpha value is -7.28. The molecule has 4 aliphatic rings. The van der Waals surface area contributed by atoms with Crippen molar-refractivity contribution in [2.24, 2.45) is 10.9 Å². The smallest absolute Gasteiger partial charge is 0.317 e. The maximum atomic E-state index is 14.1. The summed E-state index contributed by atoms with van der Waals surface area (Å²) in [6, 6.07) is 13.8. The molecule has 5 heterocycles. The number of ether oxygens (including phenoxy) is 1. The number of aliphatic hydroxyl groups excluding tert-OH is 1. The van der Waals surface area contributed by atoms with Crippen molar-refractivity contribution in [2.45, 2.75) is 133 Å². The Morgan fingerprint density at radius 1 is 0.773 bits per heavy atom. The number of nitrogens with zero attached hydrogens (tertiary/aromatic N) is 9. The molecule has 0 spiro atoms. The molecular formula is C68H98F2N12O14S. The molecule has 7 N–H and O–H groups in total. The number of carbonyl (C=O) groups is 9. The van der Waals surface area contributed by atoms with E-state index >= 15 is 0 Å². The van der Waals surface area contributed by atoms with E-state index in [4.69, 9.17) is 4.74 Å². The summed E-state index contributed by atoms with van der Waals surface area (Å²) in [4.78, 5) is 136. The highest BCUT2D eigenvalue weighted by Gasteiger charge is 2.46. The van der Waals surface area contributed by atoms with Gasteiger partial charge in [-0.15, -0.1) is 11.8 Å². The van der Waals surface area contributed by atoms with E-state index < -0.39 is 78.7 Å². The Balaban J connectivity index is 0.838. The fourth-order valence-corrected chi connectivity index (χ4v) is 14.0. The minimum Gasteiger partial charge on any atom is -0.494 e. The highest BCUT2D eigenvalue weighted by molar-refractivity contribution is 8.00. The average Bonchev–Trinajstić information content (AvgIpc) is 1.80. The molecule has 3 unspecified atom stereocenters. The number of hydrogen-bond donors (Lipinski definition) is 7. The van der Waals surface area contributed by atoms with Gasteiger partial charge >= 0.3 is 17.9 Å². The summed E-state index contributed by atoms with van der Waals surface area (Å²) in [5.41, 5.74) is 3.19. The SMILES string of the molecule is CN=C[C@H]1CC(F)(F)CN1C(=O)CNC(=O)c1ccnc2ccc(OCCCCC3CCN(C(=O)CCCN4C(=O)CC(SCC(CCCCNC(O)CCCc5ccc(C)cc5)NC(=O)CN5CCN(CC(=O)O)CCN(CC(=O)O)CCN(CC(=O)O)CC5)C4=O)CC3)cc12. The zero-order valence-corrected chi connectivity index (χ0v) is 56.8. The summed E-state index contributed by atoms with van der Waals surface area (Å²) in [7, 11) is 1.45. The molecule has 4 saturated heterocycles. The van der Waals surface area contributed by atoms with Crippen molar-refractivity contribution in [2.75, 3.05) is 137 Å². The van der Waals surface area contributed by atoms with E-state index in [1.54, 1.807) is 32.9 Å². The van der Waals surface area contributed by atoms with Crippen LogP contribution < -0.4 is 20.7 Å². The minimum atomic E-state index is -3.05. The van der Waals surface area contributed by atoms with Crippen molar-refractivity contribution >= 4 is 82.2 Å². The van der Waals surface area contributed by atoms with Crippen LogP contribution in [0.15, 0.2) is 59.7 Å². The number of pyridine rings is 1. The third-order valence-electron chi connectivity index (χ3n) is 18.2. The number of carboxylic acid groups (broad SMARTS) is 3. The van der Waals surface area contributed by atoms with Crippen molar-refractivity contribution < 1.29 is 77.1 Å². The Kier molecular flexibility index (Phi) is 31.3. The van der Waals surface area contributed by atoms with E-state index in [1.165, 1.54) is 53.3 Å². The number of thioether (sulfide) groups is 1. The van der Waals surface area contributed by atoms with Crippen molar-refractivity contribution in [1.82, 2.24) is 55.2 Å². The van der Waals surface area contributed by atoms with Gasteiger partial charge in [0.15, 0.2) is 0 Å². The van der Waals surface area contributed by atoms with Gasteiger partial charge < -0.3 is 45.6 Å². The molecule has 4 aliphatic heterocycles. The minimum absolute atomic E-state index is 0.0221. The third kappa shape index (κ3) is 26.5. The number of aromatic nitrogens is 1. The lowest BCUT2D eigenvalue weighted by molar-refractivity contribution is -0.140. The second-order valence-corrected chi connectivity index (χ2v) is 27.1. The lowest BCUT2D eigenvalue weighted by atomic mass is 9.91. The lowest BCUT2D eigenvalue weighted by Crippen LogP contribution is -2.50. The number of alkyl halides is 2. The molecule has 7 rings (SSSR count). The number of likely N-dealkylation sites (tertiary alicyclic amines) is 3. The number of aliphatic hydroxyl groups is 1. The van der Waals surface area contributed by atoms with Gasteiger partial charge in [0.1, 0.15) is 12.0 Å². The van der Waals surface area contributed by atoms with Crippen molar-refractivity contribution in [3.63, 3.8) is 0 Å². The number of benzene rings is 2. The van der Waals surface area contributed by atoms with Crippen LogP contribution in [0.1, 0.15) is 111 Å². The first-order valence-electron chi connectivity index (χ1n) is 34.0. The van der Waals surface area contributed by atoms with E-state index in [1.807, 2.05) is 16.7 Å². The standard InChI is InChI=1S/C68H98F2N12O14S/c1-48-14-16-49(17-15-48)10-7-12-58(83)73-23-5-3-11-51(75-59(84)42-76-28-30-77(43-63(88)89)32-34-79(45-65(92)93)35-33-78(31-29-76)44-64(90)91)46-97-57-38-61(86)81(67(57)95)25-8-13-60(85)80-26-21-50(22-27-80)9-4-6-36-96-53-18-19-56-55(37-53)54(20-24-72-56)66(94)74-41-62(87)82-47-68(69,70)39-52(82)40-71-2/h14-20,24,37,40,50-52,57-58,73,83H,3-13,21-23,25-36,38-39,41-47H2,1-2H3,(H,74,94)(H,75,84)(H,88,89)(H,90,91)(H,92,93)/t51?,52-,57?,58?/m1/s1. The van der Waals surface area contributed by atoms with Crippen LogP contribution in [0.3, 0.4) is 0 Å². The van der Waals surface area contributed by atoms with Crippen LogP contribution in [0, 0.1) is 12.8 Å². The van der Waals surface area contributed by atoms with Crippen LogP contribution in [0.5, 0.6) is 5.75 Å². The molecule has 4 fully saturated rings. The van der Waals surface area contributed by atoms with Crippen LogP contribution >= 0.6 is 11.8 Å². The number of hydrogen-bond acceptors (Lipinski definition) is 19. The number of aliphatic carboxylic acids is 3. The van der Waals surface area contributed by atoms with Gasteiger partial charge in [-0.3, -0.25) is 82.9 Å². The zero-order valence-electron chi connectivity index (χ0n) is 56.0. The van der Waals surface area contributed by atoms with Crippen LogP contribution in [0.2, 0.25) is 0 Å². The van der Waals surface area contributed by atoms with E-state index in [2.05, 4.69) is 50.2 Å². The lowest BCUT2D eigenvalue weighted by Gasteiger charge is -2.33. The second kappa shape index (κ2) is 39.3. The maximum Gasteiger partial charge on any atom is 0.317 e. The molecule has 2 aromatic carbocycles. The van der Waals surface area contributed by atoms with Crippen LogP contribution in [0.4, 0.5) is 8.78 Å². The fraction of sp³-hybridized carbons (Fsp3) is 0.632. The highest BCUT2D eigenvalue weighted by Crippen LogP contribution is 2.32. The molecule has 26 nitrogen and oxygen atoms in total. The molecule has 0 saturated carbocycles. The first-order chi connectivity index (χ1) is 46.5. The van der Waals surface area contributed by atoms with Crippen molar-refractivity contribution in [1.29, 1.82) is 0 Å². The number of carboxylic acids is 3. The molecule has 0 bridgehead atoms. The molecule has 0 aliphatic carbocycles. The van der Waals surface area contributed by atoms with Gasteiger partial charge in [-0.2, -0.15) is 0 Å². The molecule has 0 radical (unpaired) electrons. The van der Waals surface area contributed by atoms with Gasteiger partial charge in [-0.05, 0) is 113 Å². The normalized spacial score (nSPS) is 19.6. The molecule has 97 heavy (non-hydrogen) atoms. The molecular weight excluding hydrogens is 1280 g/mol. The van der Waals surface area contributed by atoms with E-state index in [9.17, 15) is 72.4 Å². The molecule has 4 atom stereocenters. The first-order valence-corrected chi connectivity index (χ1v) is 35.0. The summed E-state index contributed by atoms with van der Waals surface area (Å²) in [6.45, 7) is 3.99. The van der Waals surface area contributed by atoms with E-state index in [0.717, 1.165) is 49.8 Å². The van der Waals surface area contributed by atoms with Crippen LogP contribution in [-0.4, -0.2) is 286 Å². The molecule has 6 amide bonds. The summed E-state index contributed by atoms with van der Waals surface area (Å²) >= 11 is 1.30. The number of rotatable bonds is 36. The van der Waals surface area contributed by atoms with Gasteiger partial charge in [-0.1, -0.05) is 42.7 Å². The Morgan fingerprint density at radius 2 is 1.41 bits per heavy atom. The zero-order chi connectivity index (χ0) is 69.9.